The highest BCUT2D eigenvalue weighted by atomic mass is 35.5. The average Bonchev–Trinajstić information content (AvgIpc) is 2.77. The molecule has 0 bridgehead atoms. The zero-order valence-electron chi connectivity index (χ0n) is 16.3. The number of sulfonamides is 1. The smallest absolute Gasteiger partial charge is 0.253 e. The van der Waals surface area contributed by atoms with Gasteiger partial charge in [-0.2, -0.15) is 0 Å². The van der Waals surface area contributed by atoms with Crippen LogP contribution in [0, 0.1) is 0 Å². The van der Waals surface area contributed by atoms with Gasteiger partial charge in [-0.25, -0.2) is 13.1 Å². The Labute approximate surface area is 180 Å². The number of carbonyl (C=O) groups excluding carboxylic acids is 1. The first kappa shape index (κ1) is 21.8. The monoisotopic (exact) mass is 444 g/mol. The Morgan fingerprint density at radius 2 is 1.63 bits per heavy atom. The van der Waals surface area contributed by atoms with Crippen LogP contribution in [0.3, 0.4) is 0 Å². The fraction of sp³-hybridized carbons (Fsp3) is 0.136. The lowest BCUT2D eigenvalue weighted by molar-refractivity contribution is 0.0950. The summed E-state index contributed by atoms with van der Waals surface area (Å²) in [7, 11) is -2.38. The lowest BCUT2D eigenvalue weighted by atomic mass is 10.1. The predicted octanol–water partition coefficient (Wildman–Crippen LogP) is 3.76. The van der Waals surface area contributed by atoms with Gasteiger partial charge in [-0.3, -0.25) is 4.79 Å². The Hall–Kier alpha value is -2.87. The van der Waals surface area contributed by atoms with Gasteiger partial charge < -0.3 is 10.1 Å². The second-order valence-corrected chi connectivity index (χ2v) is 8.70. The number of rotatable bonds is 8. The summed E-state index contributed by atoms with van der Waals surface area (Å²) >= 11 is 6.12. The average molecular weight is 445 g/mol. The summed E-state index contributed by atoms with van der Waals surface area (Å²) in [6.07, 6.45) is 0. The second-order valence-electron chi connectivity index (χ2n) is 6.40. The largest absolute Gasteiger partial charge is 0.489 e. The van der Waals surface area contributed by atoms with E-state index in [2.05, 4.69) is 10.0 Å². The molecule has 0 unspecified atom stereocenters. The van der Waals surface area contributed by atoms with Crippen molar-refractivity contribution in [2.45, 2.75) is 18.0 Å². The third-order valence-electron chi connectivity index (χ3n) is 4.46. The maximum Gasteiger partial charge on any atom is 0.253 e. The summed E-state index contributed by atoms with van der Waals surface area (Å²) in [5.74, 6) is 0.289. The van der Waals surface area contributed by atoms with Crippen LogP contribution in [0.15, 0.2) is 77.7 Å². The molecule has 0 fully saturated rings. The Balaban J connectivity index is 1.72. The van der Waals surface area contributed by atoms with Crippen LogP contribution >= 0.6 is 11.6 Å². The molecule has 0 saturated carbocycles. The third-order valence-corrected chi connectivity index (χ3v) is 6.20. The van der Waals surface area contributed by atoms with E-state index < -0.39 is 15.9 Å². The maximum absolute atomic E-state index is 12.7. The molecule has 6 nitrogen and oxygen atoms in total. The number of amides is 1. The molecule has 3 rings (SSSR count). The standard InChI is InChI=1S/C22H21ClN2O4S/c1-24-30(27,28)19-11-12-21(23)20(13-19)22(26)25-14-16-7-5-6-8-17(16)15-29-18-9-3-2-4-10-18/h2-13,24H,14-15H2,1H3,(H,25,26). The molecule has 8 heteroatoms. The van der Waals surface area contributed by atoms with Crippen molar-refractivity contribution in [3.8, 4) is 5.75 Å². The van der Waals surface area contributed by atoms with Gasteiger partial charge in [0.05, 0.1) is 15.5 Å². The molecule has 0 aliphatic heterocycles. The van der Waals surface area contributed by atoms with Crippen molar-refractivity contribution in [2.75, 3.05) is 7.05 Å². The summed E-state index contributed by atoms with van der Waals surface area (Å²) in [6, 6.07) is 21.1. The highest BCUT2D eigenvalue weighted by molar-refractivity contribution is 7.89. The molecule has 1 amide bonds. The van der Waals surface area contributed by atoms with Crippen molar-refractivity contribution in [3.05, 3.63) is 94.5 Å². The van der Waals surface area contributed by atoms with Gasteiger partial charge in [-0.1, -0.05) is 54.1 Å². The Kier molecular flexibility index (Phi) is 7.10. The zero-order chi connectivity index (χ0) is 21.6. The molecule has 3 aromatic rings. The molecule has 0 aliphatic carbocycles. The van der Waals surface area contributed by atoms with Crippen LogP contribution in [-0.2, 0) is 23.2 Å². The lowest BCUT2D eigenvalue weighted by Crippen LogP contribution is -2.25. The number of benzene rings is 3. The second kappa shape index (κ2) is 9.75. The van der Waals surface area contributed by atoms with Gasteiger partial charge in [0.1, 0.15) is 12.4 Å². The summed E-state index contributed by atoms with van der Waals surface area (Å²) in [5, 5.41) is 2.97. The molecule has 156 valence electrons. The lowest BCUT2D eigenvalue weighted by Gasteiger charge is -2.13. The summed E-state index contributed by atoms with van der Waals surface area (Å²) in [6.45, 7) is 0.596. The first-order chi connectivity index (χ1) is 14.4. The minimum Gasteiger partial charge on any atom is -0.489 e. The van der Waals surface area contributed by atoms with Crippen LogP contribution in [0.5, 0.6) is 5.75 Å². The van der Waals surface area contributed by atoms with E-state index in [9.17, 15) is 13.2 Å². The van der Waals surface area contributed by atoms with E-state index in [0.717, 1.165) is 16.9 Å². The topological polar surface area (TPSA) is 84.5 Å². The Morgan fingerprint density at radius 1 is 0.967 bits per heavy atom. The number of halogens is 1. The highest BCUT2D eigenvalue weighted by Gasteiger charge is 2.17. The predicted molar refractivity (Wildman–Crippen MR) is 116 cm³/mol. The fourth-order valence-corrected chi connectivity index (χ4v) is 3.74. The van der Waals surface area contributed by atoms with Crippen molar-refractivity contribution in [3.63, 3.8) is 0 Å². The van der Waals surface area contributed by atoms with Gasteiger partial charge in [0.15, 0.2) is 0 Å². The Bertz CT molecular complexity index is 1130. The molecule has 0 radical (unpaired) electrons. The van der Waals surface area contributed by atoms with E-state index in [0.29, 0.717) is 6.61 Å². The molecular weight excluding hydrogens is 424 g/mol. The first-order valence-electron chi connectivity index (χ1n) is 9.16. The van der Waals surface area contributed by atoms with Gasteiger partial charge in [-0.15, -0.1) is 0 Å². The molecular formula is C22H21ClN2O4S. The van der Waals surface area contributed by atoms with Crippen molar-refractivity contribution in [2.24, 2.45) is 0 Å². The van der Waals surface area contributed by atoms with Crippen LogP contribution in [-0.4, -0.2) is 21.4 Å². The van der Waals surface area contributed by atoms with E-state index in [-0.39, 0.29) is 22.0 Å². The van der Waals surface area contributed by atoms with E-state index in [4.69, 9.17) is 16.3 Å². The van der Waals surface area contributed by atoms with Gasteiger partial charge >= 0.3 is 0 Å². The van der Waals surface area contributed by atoms with Crippen LogP contribution in [0.2, 0.25) is 5.02 Å². The molecule has 0 aromatic heterocycles. The molecule has 30 heavy (non-hydrogen) atoms. The molecule has 0 heterocycles. The molecule has 2 N–H and O–H groups in total. The molecule has 0 aliphatic rings. The number of ether oxygens (including phenoxy) is 1. The van der Waals surface area contributed by atoms with E-state index in [1.807, 2.05) is 54.6 Å². The van der Waals surface area contributed by atoms with Crippen LogP contribution in [0.1, 0.15) is 21.5 Å². The number of nitrogens with one attached hydrogen (secondary N) is 2. The van der Waals surface area contributed by atoms with Crippen LogP contribution < -0.4 is 14.8 Å². The normalized spacial score (nSPS) is 11.1. The molecule has 0 saturated heterocycles. The van der Waals surface area contributed by atoms with Crippen molar-refractivity contribution >= 4 is 27.5 Å². The summed E-state index contributed by atoms with van der Waals surface area (Å²) in [4.78, 5) is 12.6. The number of carbonyl (C=O) groups is 1. The van der Waals surface area contributed by atoms with Gasteiger partial charge in [0.2, 0.25) is 10.0 Å². The Morgan fingerprint density at radius 3 is 2.33 bits per heavy atom. The van der Waals surface area contributed by atoms with Crippen molar-refractivity contribution < 1.29 is 17.9 Å². The molecule has 3 aromatic carbocycles. The minimum absolute atomic E-state index is 0.0313. The van der Waals surface area contributed by atoms with Crippen LogP contribution in [0.4, 0.5) is 0 Å². The van der Waals surface area contributed by atoms with E-state index >= 15 is 0 Å². The quantitative estimate of drug-likeness (QED) is 0.554. The number of hydrogen-bond acceptors (Lipinski definition) is 4. The maximum atomic E-state index is 12.7. The van der Waals surface area contributed by atoms with Crippen LogP contribution in [0.25, 0.3) is 0 Å². The third kappa shape index (κ3) is 5.38. The fourth-order valence-electron chi connectivity index (χ4n) is 2.78. The van der Waals surface area contributed by atoms with Gasteiger partial charge in [0, 0.05) is 6.54 Å². The minimum atomic E-state index is -3.68. The summed E-state index contributed by atoms with van der Waals surface area (Å²) < 4.78 is 32.0. The van der Waals surface area contributed by atoms with E-state index in [1.165, 1.54) is 25.2 Å². The number of para-hydroxylation sites is 1. The summed E-state index contributed by atoms with van der Waals surface area (Å²) in [5.41, 5.74) is 1.90. The van der Waals surface area contributed by atoms with Gasteiger partial charge in [0.25, 0.3) is 5.91 Å². The highest BCUT2D eigenvalue weighted by Crippen LogP contribution is 2.21. The van der Waals surface area contributed by atoms with E-state index in [1.54, 1.807) is 0 Å². The molecule has 0 atom stereocenters. The zero-order valence-corrected chi connectivity index (χ0v) is 17.8. The van der Waals surface area contributed by atoms with Crippen molar-refractivity contribution in [1.29, 1.82) is 0 Å². The van der Waals surface area contributed by atoms with Crippen molar-refractivity contribution in [1.82, 2.24) is 10.0 Å². The first-order valence-corrected chi connectivity index (χ1v) is 11.0. The molecule has 0 spiro atoms. The number of hydrogen-bond donors (Lipinski definition) is 2. The van der Waals surface area contributed by atoms with Gasteiger partial charge in [-0.05, 0) is 48.5 Å². The SMILES string of the molecule is CNS(=O)(=O)c1ccc(Cl)c(C(=O)NCc2ccccc2COc2ccccc2)c1.